The van der Waals surface area contributed by atoms with E-state index in [0.717, 1.165) is 5.56 Å². The van der Waals surface area contributed by atoms with Gasteiger partial charge < -0.3 is 10.1 Å². The van der Waals surface area contributed by atoms with Gasteiger partial charge in [-0.25, -0.2) is 13.4 Å². The third-order valence-corrected chi connectivity index (χ3v) is 6.59. The minimum atomic E-state index is -3.74. The van der Waals surface area contributed by atoms with Crippen molar-refractivity contribution in [3.63, 3.8) is 0 Å². The second kappa shape index (κ2) is 8.16. The van der Waals surface area contributed by atoms with Crippen LogP contribution in [0.4, 0.5) is 5.69 Å². The van der Waals surface area contributed by atoms with Gasteiger partial charge in [0.15, 0.2) is 5.15 Å². The highest BCUT2D eigenvalue weighted by Crippen LogP contribution is 2.25. The number of pyridine rings is 1. The van der Waals surface area contributed by atoms with Crippen LogP contribution in [0, 0.1) is 6.92 Å². The first-order chi connectivity index (χ1) is 13.2. The van der Waals surface area contributed by atoms with Crippen molar-refractivity contribution in [1.82, 2.24) is 9.29 Å². The molecule has 1 aliphatic heterocycles. The number of halogens is 1. The van der Waals surface area contributed by atoms with Crippen molar-refractivity contribution >= 4 is 33.2 Å². The highest BCUT2D eigenvalue weighted by atomic mass is 35.5. The molecule has 2 aromatic rings. The summed E-state index contributed by atoms with van der Waals surface area (Å²) in [7, 11) is -3.74. The van der Waals surface area contributed by atoms with Crippen molar-refractivity contribution < 1.29 is 17.9 Å². The van der Waals surface area contributed by atoms with Gasteiger partial charge in [0.2, 0.25) is 10.0 Å². The molecule has 9 heteroatoms. The van der Waals surface area contributed by atoms with Crippen LogP contribution in [0.1, 0.15) is 29.8 Å². The molecule has 2 heterocycles. The minimum Gasteiger partial charge on any atom is -0.373 e. The molecule has 3 rings (SSSR count). The van der Waals surface area contributed by atoms with Crippen molar-refractivity contribution in [2.24, 2.45) is 0 Å². The second-order valence-corrected chi connectivity index (χ2v) is 9.15. The number of nitrogens with one attached hydrogen (secondary N) is 1. The molecule has 0 aliphatic carbocycles. The number of aromatic nitrogens is 1. The van der Waals surface area contributed by atoms with Gasteiger partial charge in [0, 0.05) is 24.8 Å². The fourth-order valence-electron chi connectivity index (χ4n) is 3.13. The quantitative estimate of drug-likeness (QED) is 0.763. The summed E-state index contributed by atoms with van der Waals surface area (Å²) < 4.78 is 33.1. The molecular formula is C19H22ClN3O4S. The van der Waals surface area contributed by atoms with E-state index in [1.54, 1.807) is 31.3 Å². The Morgan fingerprint density at radius 1 is 1.25 bits per heavy atom. The number of ether oxygens (including phenoxy) is 1. The van der Waals surface area contributed by atoms with Gasteiger partial charge in [0.05, 0.1) is 22.8 Å². The van der Waals surface area contributed by atoms with Crippen molar-refractivity contribution in [2.45, 2.75) is 37.9 Å². The minimum absolute atomic E-state index is 0.0652. The van der Waals surface area contributed by atoms with Crippen LogP contribution in [0.25, 0.3) is 0 Å². The number of morpholine rings is 1. The lowest BCUT2D eigenvalue weighted by atomic mass is 10.2. The van der Waals surface area contributed by atoms with Gasteiger partial charge in [0.25, 0.3) is 5.91 Å². The van der Waals surface area contributed by atoms with E-state index in [4.69, 9.17) is 16.3 Å². The van der Waals surface area contributed by atoms with Crippen molar-refractivity contribution in [2.75, 3.05) is 18.4 Å². The molecule has 1 aromatic carbocycles. The largest absolute Gasteiger partial charge is 0.373 e. The summed E-state index contributed by atoms with van der Waals surface area (Å²) in [6.45, 7) is 6.01. The van der Waals surface area contributed by atoms with Crippen LogP contribution in [-0.4, -0.2) is 48.9 Å². The number of aryl methyl sites for hydroxylation is 1. The van der Waals surface area contributed by atoms with Crippen LogP contribution in [-0.2, 0) is 14.8 Å². The van der Waals surface area contributed by atoms with Gasteiger partial charge >= 0.3 is 0 Å². The Kier molecular flexibility index (Phi) is 6.04. The number of nitrogens with zero attached hydrogens (tertiary/aromatic N) is 2. The molecule has 150 valence electrons. The molecule has 1 N–H and O–H groups in total. The van der Waals surface area contributed by atoms with Gasteiger partial charge in [-0.15, -0.1) is 0 Å². The van der Waals surface area contributed by atoms with Gasteiger partial charge in [0.1, 0.15) is 0 Å². The van der Waals surface area contributed by atoms with E-state index in [-0.39, 0.29) is 40.9 Å². The van der Waals surface area contributed by atoms with E-state index >= 15 is 0 Å². The van der Waals surface area contributed by atoms with Crippen LogP contribution in [0.2, 0.25) is 5.15 Å². The molecule has 1 saturated heterocycles. The Balaban J connectivity index is 1.86. The highest BCUT2D eigenvalue weighted by molar-refractivity contribution is 7.89. The predicted molar refractivity (Wildman–Crippen MR) is 107 cm³/mol. The van der Waals surface area contributed by atoms with Crippen LogP contribution in [0.15, 0.2) is 41.4 Å². The molecule has 0 spiro atoms. The zero-order valence-corrected chi connectivity index (χ0v) is 17.4. The molecule has 1 aliphatic rings. The smallest absolute Gasteiger partial charge is 0.255 e. The molecule has 1 fully saturated rings. The molecule has 2 atom stereocenters. The maximum atomic E-state index is 13.0. The Bertz CT molecular complexity index is 966. The first-order valence-electron chi connectivity index (χ1n) is 8.86. The highest BCUT2D eigenvalue weighted by Gasteiger charge is 2.32. The Hall–Kier alpha value is -2.00. The number of rotatable bonds is 4. The molecule has 0 bridgehead atoms. The number of carbonyl (C=O) groups is 1. The second-order valence-electron chi connectivity index (χ2n) is 6.85. The molecular weight excluding hydrogens is 402 g/mol. The fourth-order valence-corrected chi connectivity index (χ4v) is 5.02. The first-order valence-corrected chi connectivity index (χ1v) is 10.7. The molecule has 0 unspecified atom stereocenters. The van der Waals surface area contributed by atoms with E-state index in [1.807, 2.05) is 13.8 Å². The molecule has 28 heavy (non-hydrogen) atoms. The molecule has 1 aromatic heterocycles. The van der Waals surface area contributed by atoms with Crippen molar-refractivity contribution in [3.8, 4) is 0 Å². The van der Waals surface area contributed by atoms with Gasteiger partial charge in [-0.3, -0.25) is 4.79 Å². The zero-order valence-electron chi connectivity index (χ0n) is 15.8. The van der Waals surface area contributed by atoms with Gasteiger partial charge in [-0.1, -0.05) is 17.7 Å². The van der Waals surface area contributed by atoms with Gasteiger partial charge in [-0.2, -0.15) is 4.31 Å². The third kappa shape index (κ3) is 4.35. The zero-order chi connectivity index (χ0) is 20.5. The average Bonchev–Trinajstić information content (AvgIpc) is 2.64. The fraction of sp³-hybridized carbons (Fsp3) is 0.368. The lowest BCUT2D eigenvalue weighted by Crippen LogP contribution is -2.48. The van der Waals surface area contributed by atoms with Gasteiger partial charge in [-0.05, 0) is 50.6 Å². The summed E-state index contributed by atoms with van der Waals surface area (Å²) >= 11 is 6.05. The molecule has 0 saturated carbocycles. The SMILES string of the molecule is Cc1ccnc(Cl)c1NC(=O)c1cccc(S(=O)(=O)N2C[C@@H](C)O[C@@H](C)C2)c1. The van der Waals surface area contributed by atoms with Crippen LogP contribution in [0.5, 0.6) is 0 Å². The molecule has 1 amide bonds. The van der Waals surface area contributed by atoms with E-state index in [1.165, 1.54) is 16.4 Å². The summed E-state index contributed by atoms with van der Waals surface area (Å²) in [5, 5.41) is 2.88. The topological polar surface area (TPSA) is 88.6 Å². The summed E-state index contributed by atoms with van der Waals surface area (Å²) in [6.07, 6.45) is 1.16. The predicted octanol–water partition coefficient (Wildman–Crippen LogP) is 3.09. The van der Waals surface area contributed by atoms with Crippen molar-refractivity contribution in [1.29, 1.82) is 0 Å². The normalized spacial score (nSPS) is 20.7. The Morgan fingerprint density at radius 3 is 2.57 bits per heavy atom. The van der Waals surface area contributed by atoms with E-state index < -0.39 is 15.9 Å². The van der Waals surface area contributed by atoms with E-state index in [9.17, 15) is 13.2 Å². The number of anilines is 1. The van der Waals surface area contributed by atoms with E-state index in [2.05, 4.69) is 10.3 Å². The Labute approximate surface area is 169 Å². The summed E-state index contributed by atoms with van der Waals surface area (Å²) in [4.78, 5) is 16.7. The summed E-state index contributed by atoms with van der Waals surface area (Å²) in [5.74, 6) is -0.459. The van der Waals surface area contributed by atoms with Crippen LogP contribution in [0.3, 0.4) is 0 Å². The summed E-state index contributed by atoms with van der Waals surface area (Å²) in [5.41, 5.74) is 1.38. The summed E-state index contributed by atoms with van der Waals surface area (Å²) in [6, 6.07) is 7.68. The molecule has 0 radical (unpaired) electrons. The lowest BCUT2D eigenvalue weighted by molar-refractivity contribution is -0.0440. The number of benzene rings is 1. The number of hydrogen-bond donors (Lipinski definition) is 1. The number of hydrogen-bond acceptors (Lipinski definition) is 5. The third-order valence-electron chi connectivity index (χ3n) is 4.47. The first kappa shape index (κ1) is 20.7. The average molecular weight is 424 g/mol. The Morgan fingerprint density at radius 2 is 1.93 bits per heavy atom. The number of sulfonamides is 1. The van der Waals surface area contributed by atoms with Crippen LogP contribution < -0.4 is 5.32 Å². The standard InChI is InChI=1S/C19H22ClN3O4S/c1-12-7-8-21-18(20)17(12)22-19(24)15-5-4-6-16(9-15)28(25,26)23-10-13(2)27-14(3)11-23/h4-9,13-14H,10-11H2,1-3H3,(H,22,24)/t13-,14+. The number of amides is 1. The van der Waals surface area contributed by atoms with Crippen molar-refractivity contribution in [3.05, 3.63) is 52.8 Å². The lowest BCUT2D eigenvalue weighted by Gasteiger charge is -2.34. The maximum absolute atomic E-state index is 13.0. The monoisotopic (exact) mass is 423 g/mol. The van der Waals surface area contributed by atoms with E-state index in [0.29, 0.717) is 5.69 Å². The maximum Gasteiger partial charge on any atom is 0.255 e. The number of carbonyl (C=O) groups excluding carboxylic acids is 1. The van der Waals surface area contributed by atoms with Crippen LogP contribution >= 0.6 is 11.6 Å². The molecule has 7 nitrogen and oxygen atoms in total.